The van der Waals surface area contributed by atoms with E-state index in [1.807, 2.05) is 6.07 Å². The molecule has 116 valence electrons. The minimum atomic E-state index is -0.820. The highest BCUT2D eigenvalue weighted by atomic mass is 16.4. The summed E-state index contributed by atoms with van der Waals surface area (Å²) in [5.41, 5.74) is 5.39. The fraction of sp³-hybridized carbons (Fsp3) is 0.350. The molecule has 2 aromatic carbocycles. The molecule has 0 fully saturated rings. The molecule has 2 nitrogen and oxygen atoms in total. The van der Waals surface area contributed by atoms with Crippen LogP contribution in [-0.4, -0.2) is 11.1 Å². The summed E-state index contributed by atoms with van der Waals surface area (Å²) < 4.78 is 0. The Labute approximate surface area is 132 Å². The molecule has 0 aliphatic heterocycles. The molecule has 0 aromatic heterocycles. The van der Waals surface area contributed by atoms with Crippen molar-refractivity contribution in [2.24, 2.45) is 0 Å². The van der Waals surface area contributed by atoms with E-state index in [9.17, 15) is 9.90 Å². The third kappa shape index (κ3) is 3.76. The van der Waals surface area contributed by atoms with Gasteiger partial charge in [-0.15, -0.1) is 0 Å². The number of carbonyl (C=O) groups is 1. The molecule has 0 saturated heterocycles. The zero-order chi connectivity index (χ0) is 15.9. The minimum absolute atomic E-state index is 0.461. The maximum absolute atomic E-state index is 11.4. The summed E-state index contributed by atoms with van der Waals surface area (Å²) >= 11 is 0. The van der Waals surface area contributed by atoms with E-state index in [1.165, 1.54) is 16.7 Å². The first-order chi connectivity index (χ1) is 10.7. The molecule has 0 radical (unpaired) electrons. The van der Waals surface area contributed by atoms with E-state index in [4.69, 9.17) is 0 Å². The minimum Gasteiger partial charge on any atom is -0.478 e. The van der Waals surface area contributed by atoms with Crippen LogP contribution in [0, 0.1) is 0 Å². The number of hydrogen-bond acceptors (Lipinski definition) is 1. The molecule has 0 bridgehead atoms. The Hall–Kier alpha value is -2.09. The van der Waals surface area contributed by atoms with Crippen LogP contribution in [0.1, 0.15) is 52.9 Å². The van der Waals surface area contributed by atoms with Crippen LogP contribution in [0.5, 0.6) is 0 Å². The van der Waals surface area contributed by atoms with Crippen LogP contribution in [0.15, 0.2) is 42.5 Å². The average molecular weight is 296 g/mol. The highest BCUT2D eigenvalue weighted by Crippen LogP contribution is 2.20. The SMILES string of the molecule is CCCc1c(CCc2ccccc2CC)cccc1C(=O)O. The van der Waals surface area contributed by atoms with Crippen molar-refractivity contribution in [3.8, 4) is 0 Å². The van der Waals surface area contributed by atoms with Gasteiger partial charge in [-0.05, 0) is 54.0 Å². The third-order valence-corrected chi connectivity index (χ3v) is 4.17. The summed E-state index contributed by atoms with van der Waals surface area (Å²) in [5.74, 6) is -0.820. The van der Waals surface area contributed by atoms with Gasteiger partial charge in [-0.2, -0.15) is 0 Å². The molecule has 0 amide bonds. The molecule has 0 aliphatic carbocycles. The van der Waals surface area contributed by atoms with Gasteiger partial charge in [0, 0.05) is 0 Å². The van der Waals surface area contributed by atoms with E-state index < -0.39 is 5.97 Å². The van der Waals surface area contributed by atoms with Crippen LogP contribution in [0.4, 0.5) is 0 Å². The van der Waals surface area contributed by atoms with Gasteiger partial charge in [-0.25, -0.2) is 4.79 Å². The Balaban J connectivity index is 2.25. The lowest BCUT2D eigenvalue weighted by atomic mass is 9.92. The van der Waals surface area contributed by atoms with Gasteiger partial charge in [0.15, 0.2) is 0 Å². The van der Waals surface area contributed by atoms with Crippen molar-refractivity contribution in [1.29, 1.82) is 0 Å². The number of benzene rings is 2. The normalized spacial score (nSPS) is 10.6. The van der Waals surface area contributed by atoms with Gasteiger partial charge in [0.25, 0.3) is 0 Å². The molecule has 2 rings (SSSR count). The molecule has 22 heavy (non-hydrogen) atoms. The number of carboxylic acid groups (broad SMARTS) is 1. The zero-order valence-electron chi connectivity index (χ0n) is 13.4. The van der Waals surface area contributed by atoms with E-state index in [0.29, 0.717) is 5.56 Å². The quantitative estimate of drug-likeness (QED) is 0.805. The predicted molar refractivity (Wildman–Crippen MR) is 90.6 cm³/mol. The fourth-order valence-electron chi connectivity index (χ4n) is 3.03. The standard InChI is InChI=1S/C20H24O2/c1-3-8-18-17(11-7-12-19(18)20(21)22)14-13-16-10-6-5-9-15(16)4-2/h5-7,9-12H,3-4,8,13-14H2,1-2H3,(H,21,22). The summed E-state index contributed by atoms with van der Waals surface area (Å²) in [6.45, 7) is 4.27. The third-order valence-electron chi connectivity index (χ3n) is 4.17. The molecule has 0 atom stereocenters. The fourth-order valence-corrected chi connectivity index (χ4v) is 3.03. The topological polar surface area (TPSA) is 37.3 Å². The maximum Gasteiger partial charge on any atom is 0.335 e. The number of rotatable bonds is 7. The highest BCUT2D eigenvalue weighted by Gasteiger charge is 2.13. The van der Waals surface area contributed by atoms with Gasteiger partial charge in [-0.1, -0.05) is 56.7 Å². The Morgan fingerprint density at radius 2 is 1.50 bits per heavy atom. The van der Waals surface area contributed by atoms with Crippen molar-refractivity contribution in [1.82, 2.24) is 0 Å². The molecule has 0 spiro atoms. The molecule has 0 heterocycles. The maximum atomic E-state index is 11.4. The highest BCUT2D eigenvalue weighted by molar-refractivity contribution is 5.89. The van der Waals surface area contributed by atoms with E-state index in [2.05, 4.69) is 44.2 Å². The van der Waals surface area contributed by atoms with Gasteiger partial charge in [-0.3, -0.25) is 0 Å². The summed E-state index contributed by atoms with van der Waals surface area (Å²) in [6.07, 6.45) is 4.68. The van der Waals surface area contributed by atoms with Crippen LogP contribution in [0.3, 0.4) is 0 Å². The van der Waals surface area contributed by atoms with Gasteiger partial charge < -0.3 is 5.11 Å². The Kier molecular flexibility index (Phi) is 5.76. The van der Waals surface area contributed by atoms with Crippen LogP contribution < -0.4 is 0 Å². The molecule has 0 aliphatic rings. The molecule has 0 unspecified atom stereocenters. The van der Waals surface area contributed by atoms with Crippen LogP contribution in [0.25, 0.3) is 0 Å². The van der Waals surface area contributed by atoms with Crippen molar-refractivity contribution in [2.75, 3.05) is 0 Å². The van der Waals surface area contributed by atoms with Gasteiger partial charge in [0.1, 0.15) is 0 Å². The van der Waals surface area contributed by atoms with Crippen LogP contribution >= 0.6 is 0 Å². The molecular weight excluding hydrogens is 272 g/mol. The second kappa shape index (κ2) is 7.79. The Morgan fingerprint density at radius 3 is 2.14 bits per heavy atom. The summed E-state index contributed by atoms with van der Waals surface area (Å²) in [5, 5.41) is 9.38. The first kappa shape index (κ1) is 16.3. The van der Waals surface area contributed by atoms with Crippen molar-refractivity contribution in [3.05, 3.63) is 70.3 Å². The molecular formula is C20H24O2. The van der Waals surface area contributed by atoms with Crippen LogP contribution in [-0.2, 0) is 25.7 Å². The second-order valence-corrected chi connectivity index (χ2v) is 5.62. The monoisotopic (exact) mass is 296 g/mol. The first-order valence-electron chi connectivity index (χ1n) is 8.08. The molecule has 2 heteroatoms. The molecule has 2 aromatic rings. The summed E-state index contributed by atoms with van der Waals surface area (Å²) in [6, 6.07) is 14.2. The van der Waals surface area contributed by atoms with Crippen molar-refractivity contribution in [2.45, 2.75) is 46.0 Å². The van der Waals surface area contributed by atoms with E-state index >= 15 is 0 Å². The van der Waals surface area contributed by atoms with E-state index in [0.717, 1.165) is 37.7 Å². The van der Waals surface area contributed by atoms with Gasteiger partial charge in [0.05, 0.1) is 5.56 Å². The van der Waals surface area contributed by atoms with Crippen LogP contribution in [0.2, 0.25) is 0 Å². The zero-order valence-corrected chi connectivity index (χ0v) is 13.4. The predicted octanol–water partition coefficient (Wildman–Crippen LogP) is 4.68. The van der Waals surface area contributed by atoms with Crippen molar-refractivity contribution < 1.29 is 9.90 Å². The van der Waals surface area contributed by atoms with E-state index in [-0.39, 0.29) is 0 Å². The summed E-state index contributed by atoms with van der Waals surface area (Å²) in [7, 11) is 0. The number of aryl methyl sites for hydroxylation is 3. The van der Waals surface area contributed by atoms with Crippen molar-refractivity contribution in [3.63, 3.8) is 0 Å². The number of hydrogen-bond donors (Lipinski definition) is 1. The molecule has 1 N–H and O–H groups in total. The smallest absolute Gasteiger partial charge is 0.335 e. The van der Waals surface area contributed by atoms with Gasteiger partial charge in [0.2, 0.25) is 0 Å². The largest absolute Gasteiger partial charge is 0.478 e. The van der Waals surface area contributed by atoms with Gasteiger partial charge >= 0.3 is 5.97 Å². The lowest BCUT2D eigenvalue weighted by Crippen LogP contribution is -2.07. The number of carboxylic acids is 1. The lowest BCUT2D eigenvalue weighted by Gasteiger charge is -2.13. The second-order valence-electron chi connectivity index (χ2n) is 5.62. The first-order valence-corrected chi connectivity index (χ1v) is 8.08. The van der Waals surface area contributed by atoms with E-state index in [1.54, 1.807) is 6.07 Å². The Morgan fingerprint density at radius 1 is 0.864 bits per heavy atom. The Bertz CT molecular complexity index is 644. The lowest BCUT2D eigenvalue weighted by molar-refractivity contribution is 0.0695. The summed E-state index contributed by atoms with van der Waals surface area (Å²) in [4.78, 5) is 11.4. The molecule has 0 saturated carbocycles. The average Bonchev–Trinajstić information content (AvgIpc) is 2.54. The van der Waals surface area contributed by atoms with Crippen molar-refractivity contribution >= 4 is 5.97 Å². The number of aromatic carboxylic acids is 1.